The normalized spacial score (nSPS) is 12.3. The van der Waals surface area contributed by atoms with Gasteiger partial charge in [0.05, 0.1) is 6.54 Å². The summed E-state index contributed by atoms with van der Waals surface area (Å²) in [6.45, 7) is 4.25. The third kappa shape index (κ3) is 4.36. The zero-order valence-corrected chi connectivity index (χ0v) is 10.5. The number of guanidine groups is 1. The van der Waals surface area contributed by atoms with E-state index in [4.69, 9.17) is 0 Å². The first kappa shape index (κ1) is 14.5. The van der Waals surface area contributed by atoms with Crippen molar-refractivity contribution in [3.8, 4) is 0 Å². The van der Waals surface area contributed by atoms with Crippen LogP contribution in [0.4, 0.5) is 13.2 Å². The number of aromatic nitrogens is 1. The van der Waals surface area contributed by atoms with E-state index in [1.54, 1.807) is 13.1 Å². The van der Waals surface area contributed by atoms with E-state index in [1.165, 1.54) is 0 Å². The number of nitrogens with one attached hydrogen (secondary N) is 2. The van der Waals surface area contributed by atoms with E-state index in [2.05, 4.69) is 27.2 Å². The van der Waals surface area contributed by atoms with Crippen LogP contribution in [0.25, 0.3) is 0 Å². The Morgan fingerprint density at radius 3 is 2.78 bits per heavy atom. The highest BCUT2D eigenvalue weighted by atomic mass is 32.1. The molecular formula is C10H13F3N4S. The van der Waals surface area contributed by atoms with Crippen molar-refractivity contribution >= 4 is 17.3 Å². The molecule has 0 bridgehead atoms. The molecule has 18 heavy (non-hydrogen) atoms. The maximum absolute atomic E-state index is 12.3. The summed E-state index contributed by atoms with van der Waals surface area (Å²) in [5.74, 6) is 0.485. The van der Waals surface area contributed by atoms with Crippen LogP contribution in [-0.4, -0.2) is 24.5 Å². The van der Waals surface area contributed by atoms with Crippen LogP contribution in [0.2, 0.25) is 0 Å². The summed E-state index contributed by atoms with van der Waals surface area (Å²) in [4.78, 5) is 7.39. The van der Waals surface area contributed by atoms with Crippen LogP contribution in [0, 0.1) is 0 Å². The highest BCUT2D eigenvalue weighted by molar-refractivity contribution is 7.09. The van der Waals surface area contributed by atoms with Gasteiger partial charge >= 0.3 is 6.18 Å². The second kappa shape index (κ2) is 6.39. The van der Waals surface area contributed by atoms with Gasteiger partial charge in [0.1, 0.15) is 5.01 Å². The first-order valence-electron chi connectivity index (χ1n) is 5.04. The van der Waals surface area contributed by atoms with Crippen molar-refractivity contribution in [2.24, 2.45) is 4.99 Å². The molecule has 2 N–H and O–H groups in total. The van der Waals surface area contributed by atoms with E-state index in [9.17, 15) is 13.2 Å². The van der Waals surface area contributed by atoms with E-state index in [0.717, 1.165) is 16.7 Å². The SMILES string of the molecule is C=CCNC(=NC)NCc1nc(C(F)(F)F)cs1. The Morgan fingerprint density at radius 2 is 2.28 bits per heavy atom. The largest absolute Gasteiger partial charge is 0.434 e. The molecule has 0 amide bonds. The Labute approximate surface area is 107 Å². The molecule has 0 atom stereocenters. The van der Waals surface area contributed by atoms with Gasteiger partial charge in [0.25, 0.3) is 0 Å². The number of aliphatic imine (C=N–C) groups is 1. The molecule has 1 aromatic rings. The van der Waals surface area contributed by atoms with Crippen LogP contribution in [0.3, 0.4) is 0 Å². The van der Waals surface area contributed by atoms with E-state index in [1.807, 2.05) is 0 Å². The molecule has 0 spiro atoms. The lowest BCUT2D eigenvalue weighted by molar-refractivity contribution is -0.140. The second-order valence-corrected chi connectivity index (χ2v) is 4.16. The maximum Gasteiger partial charge on any atom is 0.434 e. The van der Waals surface area contributed by atoms with E-state index >= 15 is 0 Å². The van der Waals surface area contributed by atoms with Crippen LogP contribution in [0.1, 0.15) is 10.7 Å². The summed E-state index contributed by atoms with van der Waals surface area (Å²) in [6, 6.07) is 0. The van der Waals surface area contributed by atoms with Crippen LogP contribution >= 0.6 is 11.3 Å². The monoisotopic (exact) mass is 278 g/mol. The molecule has 0 saturated carbocycles. The molecule has 1 rings (SSSR count). The van der Waals surface area contributed by atoms with Crippen LogP contribution < -0.4 is 10.6 Å². The molecule has 1 aromatic heterocycles. The molecule has 0 unspecified atom stereocenters. The summed E-state index contributed by atoms with van der Waals surface area (Å²) < 4.78 is 36.9. The van der Waals surface area contributed by atoms with Crippen molar-refractivity contribution in [2.75, 3.05) is 13.6 Å². The molecule has 8 heteroatoms. The predicted molar refractivity (Wildman–Crippen MR) is 65.5 cm³/mol. The summed E-state index contributed by atoms with van der Waals surface area (Å²) >= 11 is 0.956. The molecule has 0 aromatic carbocycles. The Kier molecular flexibility index (Phi) is 5.14. The minimum atomic E-state index is -4.39. The Bertz CT molecular complexity index is 425. The number of nitrogens with zero attached hydrogens (tertiary/aromatic N) is 2. The lowest BCUT2D eigenvalue weighted by atomic mass is 10.5. The first-order valence-corrected chi connectivity index (χ1v) is 5.92. The van der Waals surface area contributed by atoms with Gasteiger partial charge < -0.3 is 10.6 Å². The van der Waals surface area contributed by atoms with Gasteiger partial charge in [0.2, 0.25) is 0 Å². The van der Waals surface area contributed by atoms with Crippen molar-refractivity contribution < 1.29 is 13.2 Å². The van der Waals surface area contributed by atoms with Gasteiger partial charge in [-0.05, 0) is 0 Å². The summed E-state index contributed by atoms with van der Waals surface area (Å²) in [5, 5.41) is 7.11. The second-order valence-electron chi connectivity index (χ2n) is 3.22. The van der Waals surface area contributed by atoms with Crippen LogP contribution in [0.15, 0.2) is 23.0 Å². The van der Waals surface area contributed by atoms with Crippen molar-refractivity contribution in [3.63, 3.8) is 0 Å². The fourth-order valence-corrected chi connectivity index (χ4v) is 1.81. The van der Waals surface area contributed by atoms with Gasteiger partial charge in [-0.15, -0.1) is 17.9 Å². The quantitative estimate of drug-likeness (QED) is 0.503. The number of hydrogen-bond donors (Lipinski definition) is 2. The molecule has 100 valence electrons. The van der Waals surface area contributed by atoms with Crippen molar-refractivity contribution in [3.05, 3.63) is 28.7 Å². The van der Waals surface area contributed by atoms with Gasteiger partial charge in [-0.2, -0.15) is 13.2 Å². The van der Waals surface area contributed by atoms with Gasteiger partial charge in [0, 0.05) is 19.0 Å². The first-order chi connectivity index (χ1) is 8.47. The third-order valence-electron chi connectivity index (χ3n) is 1.89. The van der Waals surface area contributed by atoms with E-state index < -0.39 is 11.9 Å². The molecule has 0 aliphatic rings. The van der Waals surface area contributed by atoms with Crippen molar-refractivity contribution in [2.45, 2.75) is 12.7 Å². The lowest BCUT2D eigenvalue weighted by Gasteiger charge is -2.08. The average molecular weight is 278 g/mol. The van der Waals surface area contributed by atoms with Gasteiger partial charge in [-0.25, -0.2) is 4.98 Å². The van der Waals surface area contributed by atoms with E-state index in [0.29, 0.717) is 17.5 Å². The standard InChI is InChI=1S/C10H13F3N4S/c1-3-4-15-9(14-2)16-5-8-17-7(6-18-8)10(11,12)13/h3,6H,1,4-5H2,2H3,(H2,14,15,16). The van der Waals surface area contributed by atoms with Crippen LogP contribution in [0.5, 0.6) is 0 Å². The zero-order valence-electron chi connectivity index (χ0n) is 9.71. The molecule has 0 fully saturated rings. The molecule has 0 aliphatic carbocycles. The molecule has 0 radical (unpaired) electrons. The summed E-state index contributed by atoms with van der Waals surface area (Å²) in [7, 11) is 1.57. The molecule has 0 saturated heterocycles. The number of hydrogen-bond acceptors (Lipinski definition) is 3. The van der Waals surface area contributed by atoms with Gasteiger partial charge in [-0.3, -0.25) is 4.99 Å². The number of rotatable bonds is 4. The molecule has 0 aliphatic heterocycles. The minimum Gasteiger partial charge on any atom is -0.353 e. The van der Waals surface area contributed by atoms with Gasteiger partial charge in [0.15, 0.2) is 11.7 Å². The Balaban J connectivity index is 2.53. The zero-order chi connectivity index (χ0) is 13.6. The van der Waals surface area contributed by atoms with Crippen molar-refractivity contribution in [1.29, 1.82) is 0 Å². The average Bonchev–Trinajstić information content (AvgIpc) is 2.78. The van der Waals surface area contributed by atoms with Crippen molar-refractivity contribution in [1.82, 2.24) is 15.6 Å². The Morgan fingerprint density at radius 1 is 1.56 bits per heavy atom. The molecule has 4 nitrogen and oxygen atoms in total. The number of alkyl halides is 3. The molecular weight excluding hydrogens is 265 g/mol. The predicted octanol–water partition coefficient (Wildman–Crippen LogP) is 2.01. The number of thiazole rings is 1. The van der Waals surface area contributed by atoms with Crippen LogP contribution in [-0.2, 0) is 12.7 Å². The lowest BCUT2D eigenvalue weighted by Crippen LogP contribution is -2.36. The maximum atomic E-state index is 12.3. The Hall–Kier alpha value is -1.57. The number of halogens is 3. The fraction of sp³-hybridized carbons (Fsp3) is 0.400. The topological polar surface area (TPSA) is 49.3 Å². The smallest absolute Gasteiger partial charge is 0.353 e. The van der Waals surface area contributed by atoms with E-state index in [-0.39, 0.29) is 6.54 Å². The highest BCUT2D eigenvalue weighted by Gasteiger charge is 2.33. The minimum absolute atomic E-state index is 0.192. The summed E-state index contributed by atoms with van der Waals surface area (Å²) in [5.41, 5.74) is -0.863. The molecule has 1 heterocycles. The third-order valence-corrected chi connectivity index (χ3v) is 2.74. The summed E-state index contributed by atoms with van der Waals surface area (Å²) in [6.07, 6.45) is -2.74. The van der Waals surface area contributed by atoms with Gasteiger partial charge in [-0.1, -0.05) is 6.08 Å². The fourth-order valence-electron chi connectivity index (χ4n) is 1.07. The highest BCUT2D eigenvalue weighted by Crippen LogP contribution is 2.29.